The lowest BCUT2D eigenvalue weighted by molar-refractivity contribution is -0.137. The first-order valence-electron chi connectivity index (χ1n) is 7.58. The van der Waals surface area contributed by atoms with Gasteiger partial charge in [0, 0.05) is 18.3 Å². The van der Waals surface area contributed by atoms with Crippen molar-refractivity contribution >= 4 is 17.5 Å². The van der Waals surface area contributed by atoms with E-state index in [1.54, 1.807) is 18.3 Å². The van der Waals surface area contributed by atoms with Gasteiger partial charge in [-0.3, -0.25) is 4.79 Å². The topological polar surface area (TPSA) is 51.2 Å². The maximum Gasteiger partial charge on any atom is 0.417 e. The predicted molar refractivity (Wildman–Crippen MR) is 85.4 cm³/mol. The molecule has 0 unspecified atom stereocenters. The molecule has 2 aromatic rings. The quantitative estimate of drug-likeness (QED) is 0.890. The zero-order valence-corrected chi connectivity index (χ0v) is 13.7. The second-order valence-corrected chi connectivity index (χ2v) is 5.96. The largest absolute Gasteiger partial charge is 0.477 e. The normalized spacial score (nSPS) is 16.7. The molecule has 25 heavy (non-hydrogen) atoms. The van der Waals surface area contributed by atoms with Gasteiger partial charge in [0.2, 0.25) is 11.8 Å². The van der Waals surface area contributed by atoms with Crippen LogP contribution in [0.25, 0.3) is 0 Å². The second-order valence-electron chi connectivity index (χ2n) is 5.58. The van der Waals surface area contributed by atoms with Crippen LogP contribution in [-0.2, 0) is 17.5 Å². The molecule has 8 heteroatoms. The number of carbonyl (C=O) groups excluding carboxylic acids is 1. The van der Waals surface area contributed by atoms with E-state index < -0.39 is 22.7 Å². The number of rotatable bonds is 3. The van der Waals surface area contributed by atoms with E-state index in [0.717, 1.165) is 6.07 Å². The van der Waals surface area contributed by atoms with Crippen molar-refractivity contribution in [2.24, 2.45) is 0 Å². The minimum absolute atomic E-state index is 0.0888. The summed E-state index contributed by atoms with van der Waals surface area (Å²) < 4.78 is 44.1. The average molecular weight is 371 g/mol. The van der Waals surface area contributed by atoms with Crippen molar-refractivity contribution in [3.8, 4) is 5.88 Å². The summed E-state index contributed by atoms with van der Waals surface area (Å²) in [7, 11) is 0. The van der Waals surface area contributed by atoms with Gasteiger partial charge in [0.1, 0.15) is 0 Å². The first kappa shape index (κ1) is 17.5. The van der Waals surface area contributed by atoms with Gasteiger partial charge in [-0.05, 0) is 24.1 Å². The average Bonchev–Trinajstić information content (AvgIpc) is 2.59. The van der Waals surface area contributed by atoms with Gasteiger partial charge in [0.15, 0.2) is 0 Å². The van der Waals surface area contributed by atoms with E-state index in [2.05, 4.69) is 10.3 Å². The molecule has 132 valence electrons. The van der Waals surface area contributed by atoms with Crippen molar-refractivity contribution in [1.82, 2.24) is 10.3 Å². The molecule has 1 aromatic heterocycles. The van der Waals surface area contributed by atoms with Crippen LogP contribution in [0.5, 0.6) is 5.88 Å². The first-order chi connectivity index (χ1) is 11.9. The highest BCUT2D eigenvalue weighted by molar-refractivity contribution is 6.32. The third kappa shape index (κ3) is 3.71. The summed E-state index contributed by atoms with van der Waals surface area (Å²) in [6, 6.07) is 7.09. The fraction of sp³-hybridized carbons (Fsp3) is 0.294. The molecule has 1 aliphatic rings. The Morgan fingerprint density at radius 1 is 1.32 bits per heavy atom. The summed E-state index contributed by atoms with van der Waals surface area (Å²) in [5.74, 6) is -0.348. The van der Waals surface area contributed by atoms with E-state index in [1.165, 1.54) is 12.1 Å². The summed E-state index contributed by atoms with van der Waals surface area (Å²) in [6.45, 7) is 0.265. The fourth-order valence-corrected chi connectivity index (χ4v) is 3.03. The summed E-state index contributed by atoms with van der Waals surface area (Å²) in [6.07, 6.45) is -2.50. The lowest BCUT2D eigenvalue weighted by atomic mass is 9.94. The maximum absolute atomic E-state index is 12.9. The number of benzene rings is 1. The number of nitrogens with one attached hydrogen (secondary N) is 1. The van der Waals surface area contributed by atoms with Crippen molar-refractivity contribution < 1.29 is 22.7 Å². The number of halogens is 4. The highest BCUT2D eigenvalue weighted by atomic mass is 35.5. The molecule has 0 saturated carbocycles. The zero-order chi connectivity index (χ0) is 18.0. The fourth-order valence-electron chi connectivity index (χ4n) is 2.73. The summed E-state index contributed by atoms with van der Waals surface area (Å²) in [5, 5.41) is 2.26. The highest BCUT2D eigenvalue weighted by Crippen LogP contribution is 2.36. The number of nitrogens with zero attached hydrogens (tertiary/aromatic N) is 1. The van der Waals surface area contributed by atoms with Gasteiger partial charge >= 0.3 is 6.18 Å². The number of amides is 1. The molecule has 0 bridgehead atoms. The van der Waals surface area contributed by atoms with E-state index in [-0.39, 0.29) is 18.0 Å². The molecular weight excluding hydrogens is 357 g/mol. The van der Waals surface area contributed by atoms with Gasteiger partial charge < -0.3 is 10.1 Å². The maximum atomic E-state index is 12.9. The van der Waals surface area contributed by atoms with E-state index in [4.69, 9.17) is 16.3 Å². The number of hydrogen-bond donors (Lipinski definition) is 1. The Morgan fingerprint density at radius 2 is 2.12 bits per heavy atom. The number of aromatic nitrogens is 1. The molecule has 0 radical (unpaired) electrons. The Labute approximate surface area is 147 Å². The van der Waals surface area contributed by atoms with E-state index >= 15 is 0 Å². The Morgan fingerprint density at radius 3 is 2.88 bits per heavy atom. The monoisotopic (exact) mass is 370 g/mol. The number of hydrogen-bond acceptors (Lipinski definition) is 3. The molecule has 3 rings (SSSR count). The predicted octanol–water partition coefficient (Wildman–Crippen LogP) is 3.94. The lowest BCUT2D eigenvalue weighted by Gasteiger charge is -2.24. The van der Waals surface area contributed by atoms with Gasteiger partial charge in [-0.15, -0.1) is 0 Å². The smallest absolute Gasteiger partial charge is 0.417 e. The van der Waals surface area contributed by atoms with E-state index in [1.807, 2.05) is 0 Å². The molecule has 1 atom stereocenters. The first-order valence-corrected chi connectivity index (χ1v) is 7.95. The second kappa shape index (κ2) is 6.92. The van der Waals surface area contributed by atoms with Gasteiger partial charge in [-0.2, -0.15) is 13.2 Å². The Hall–Kier alpha value is -2.28. The molecule has 4 nitrogen and oxygen atoms in total. The minimum atomic E-state index is -4.54. The van der Waals surface area contributed by atoms with Crippen LogP contribution in [0.4, 0.5) is 13.2 Å². The number of carbonyl (C=O) groups is 1. The number of fused-ring (bicyclic) bond motifs is 1. The van der Waals surface area contributed by atoms with E-state index in [0.29, 0.717) is 24.5 Å². The van der Waals surface area contributed by atoms with Crippen molar-refractivity contribution in [2.75, 3.05) is 6.61 Å². The molecule has 0 saturated heterocycles. The molecule has 1 amide bonds. The number of pyridine rings is 1. The number of ether oxygens (including phenoxy) is 1. The van der Waals surface area contributed by atoms with Gasteiger partial charge in [0.05, 0.1) is 23.1 Å². The third-order valence-electron chi connectivity index (χ3n) is 3.97. The third-order valence-corrected chi connectivity index (χ3v) is 4.42. The molecule has 1 aromatic carbocycles. The lowest BCUT2D eigenvalue weighted by Crippen LogP contribution is -2.32. The standard InChI is InChI=1S/C17H14ClF3N2O2/c18-14-10(3-1-5-13(14)17(19,20)21)9-23-15(24)11-6-8-25-16-12(11)4-2-7-22-16/h1-5,7,11H,6,8-9H2,(H,23,24)/t11-/m0/s1. The van der Waals surface area contributed by atoms with Gasteiger partial charge in [0.25, 0.3) is 0 Å². The van der Waals surface area contributed by atoms with Gasteiger partial charge in [-0.1, -0.05) is 29.8 Å². The van der Waals surface area contributed by atoms with Crippen LogP contribution in [0.15, 0.2) is 36.5 Å². The van der Waals surface area contributed by atoms with Crippen molar-refractivity contribution in [3.05, 3.63) is 58.2 Å². The van der Waals surface area contributed by atoms with Crippen LogP contribution in [0.2, 0.25) is 5.02 Å². The number of alkyl halides is 3. The molecule has 2 heterocycles. The summed E-state index contributed by atoms with van der Waals surface area (Å²) in [5.41, 5.74) is -0.0359. The minimum Gasteiger partial charge on any atom is -0.477 e. The van der Waals surface area contributed by atoms with Crippen molar-refractivity contribution in [1.29, 1.82) is 0 Å². The molecular formula is C17H14ClF3N2O2. The molecule has 0 spiro atoms. The molecule has 1 aliphatic heterocycles. The van der Waals surface area contributed by atoms with Crippen LogP contribution in [0, 0.1) is 0 Å². The van der Waals surface area contributed by atoms with Crippen LogP contribution in [0.3, 0.4) is 0 Å². The van der Waals surface area contributed by atoms with Crippen LogP contribution >= 0.6 is 11.6 Å². The van der Waals surface area contributed by atoms with Crippen molar-refractivity contribution in [2.45, 2.75) is 25.1 Å². The van der Waals surface area contributed by atoms with E-state index in [9.17, 15) is 18.0 Å². The van der Waals surface area contributed by atoms with Crippen LogP contribution in [0.1, 0.15) is 29.0 Å². The zero-order valence-electron chi connectivity index (χ0n) is 12.9. The highest BCUT2D eigenvalue weighted by Gasteiger charge is 2.34. The van der Waals surface area contributed by atoms with Crippen LogP contribution in [-0.4, -0.2) is 17.5 Å². The molecule has 0 aliphatic carbocycles. The summed E-state index contributed by atoms with van der Waals surface area (Å²) in [4.78, 5) is 16.5. The Bertz CT molecular complexity index is 796. The van der Waals surface area contributed by atoms with Gasteiger partial charge in [-0.25, -0.2) is 4.98 Å². The molecule has 1 N–H and O–H groups in total. The molecule has 0 fully saturated rings. The Balaban J connectivity index is 1.74. The SMILES string of the molecule is O=C(NCc1cccc(C(F)(F)F)c1Cl)[C@H]1CCOc2ncccc21. The van der Waals surface area contributed by atoms with Crippen LogP contribution < -0.4 is 10.1 Å². The summed E-state index contributed by atoms with van der Waals surface area (Å²) >= 11 is 5.84. The Kier molecular flexibility index (Phi) is 4.85. The van der Waals surface area contributed by atoms with Crippen molar-refractivity contribution in [3.63, 3.8) is 0 Å².